The first-order valence-electron chi connectivity index (χ1n) is 7.16. The van der Waals surface area contributed by atoms with E-state index < -0.39 is 0 Å². The van der Waals surface area contributed by atoms with Crippen LogP contribution >= 0.6 is 11.6 Å². The molecule has 0 saturated carbocycles. The minimum atomic E-state index is -0.233. The molecule has 0 amide bonds. The molecule has 112 valence electrons. The second kappa shape index (κ2) is 7.06. The molecule has 0 saturated heterocycles. The molecule has 0 bridgehead atoms. The number of hydrogen-bond acceptors (Lipinski definition) is 1. The van der Waals surface area contributed by atoms with Gasteiger partial charge in [-0.3, -0.25) is 0 Å². The van der Waals surface area contributed by atoms with Crippen molar-refractivity contribution in [3.05, 3.63) is 69.5 Å². The minimum Gasteiger partial charge on any atom is -0.316 e. The first-order chi connectivity index (χ1) is 9.97. The Balaban J connectivity index is 2.12. The standard InChI is InChI=1S/C18H21ClFN/c1-12-6-13(2)8-14(7-12)9-17(21-3)10-15-4-5-16(19)11-18(15)20/h4-8,11,17,21H,9-10H2,1-3H3. The first kappa shape index (κ1) is 16.0. The maximum absolute atomic E-state index is 13.9. The van der Waals surface area contributed by atoms with Crippen LogP contribution < -0.4 is 5.32 Å². The molecule has 1 unspecified atom stereocenters. The van der Waals surface area contributed by atoms with Gasteiger partial charge in [-0.1, -0.05) is 47.0 Å². The number of benzene rings is 2. The third-order valence-electron chi connectivity index (χ3n) is 3.65. The molecule has 0 spiro atoms. The van der Waals surface area contributed by atoms with Gasteiger partial charge in [-0.05, 0) is 57.0 Å². The lowest BCUT2D eigenvalue weighted by molar-refractivity contribution is 0.532. The van der Waals surface area contributed by atoms with E-state index in [9.17, 15) is 4.39 Å². The van der Waals surface area contributed by atoms with Gasteiger partial charge in [0, 0.05) is 11.1 Å². The Morgan fingerprint density at radius 3 is 2.29 bits per heavy atom. The van der Waals surface area contributed by atoms with E-state index in [1.807, 2.05) is 7.05 Å². The second-order valence-corrected chi connectivity index (χ2v) is 6.06. The Bertz CT molecular complexity index is 604. The monoisotopic (exact) mass is 305 g/mol. The highest BCUT2D eigenvalue weighted by molar-refractivity contribution is 6.30. The molecule has 21 heavy (non-hydrogen) atoms. The summed E-state index contributed by atoms with van der Waals surface area (Å²) in [5, 5.41) is 3.72. The van der Waals surface area contributed by atoms with Crippen molar-refractivity contribution in [2.24, 2.45) is 0 Å². The summed E-state index contributed by atoms with van der Waals surface area (Å²) in [6, 6.07) is 11.6. The van der Waals surface area contributed by atoms with Crippen molar-refractivity contribution < 1.29 is 4.39 Å². The van der Waals surface area contributed by atoms with Crippen LogP contribution in [0, 0.1) is 19.7 Å². The van der Waals surface area contributed by atoms with Gasteiger partial charge in [-0.2, -0.15) is 0 Å². The molecule has 0 heterocycles. The van der Waals surface area contributed by atoms with Crippen molar-refractivity contribution in [2.45, 2.75) is 32.7 Å². The molecule has 2 aromatic carbocycles. The van der Waals surface area contributed by atoms with E-state index in [2.05, 4.69) is 37.4 Å². The largest absolute Gasteiger partial charge is 0.316 e. The van der Waals surface area contributed by atoms with Crippen molar-refractivity contribution in [3.63, 3.8) is 0 Å². The number of rotatable bonds is 5. The Labute approximate surface area is 131 Å². The lowest BCUT2D eigenvalue weighted by Crippen LogP contribution is -2.30. The highest BCUT2D eigenvalue weighted by atomic mass is 35.5. The molecule has 0 aromatic heterocycles. The van der Waals surface area contributed by atoms with E-state index in [0.29, 0.717) is 17.0 Å². The summed E-state index contributed by atoms with van der Waals surface area (Å²) in [6.07, 6.45) is 1.52. The van der Waals surface area contributed by atoms with Gasteiger partial charge in [0.2, 0.25) is 0 Å². The average molecular weight is 306 g/mol. The van der Waals surface area contributed by atoms with Gasteiger partial charge in [0.15, 0.2) is 0 Å². The second-order valence-electron chi connectivity index (χ2n) is 5.63. The summed E-state index contributed by atoms with van der Waals surface area (Å²) in [4.78, 5) is 0. The number of nitrogens with one attached hydrogen (secondary N) is 1. The fourth-order valence-corrected chi connectivity index (χ4v) is 2.86. The molecular weight excluding hydrogens is 285 g/mol. The summed E-state index contributed by atoms with van der Waals surface area (Å²) >= 11 is 5.80. The number of aryl methyl sites for hydroxylation is 2. The summed E-state index contributed by atoms with van der Waals surface area (Å²) in [6.45, 7) is 4.20. The summed E-state index contributed by atoms with van der Waals surface area (Å²) in [7, 11) is 1.92. The molecule has 0 fully saturated rings. The Kier molecular flexibility index (Phi) is 5.38. The molecule has 1 N–H and O–H groups in total. The quantitative estimate of drug-likeness (QED) is 0.859. The van der Waals surface area contributed by atoms with Gasteiger partial charge in [-0.15, -0.1) is 0 Å². The topological polar surface area (TPSA) is 12.0 Å². The van der Waals surface area contributed by atoms with Crippen molar-refractivity contribution in [1.29, 1.82) is 0 Å². The predicted molar refractivity (Wildman–Crippen MR) is 87.6 cm³/mol. The van der Waals surface area contributed by atoms with E-state index in [1.165, 1.54) is 22.8 Å². The van der Waals surface area contributed by atoms with Crippen LogP contribution in [0.15, 0.2) is 36.4 Å². The van der Waals surface area contributed by atoms with Gasteiger partial charge in [-0.25, -0.2) is 4.39 Å². The molecule has 0 aliphatic rings. The van der Waals surface area contributed by atoms with Crippen LogP contribution in [0.25, 0.3) is 0 Å². The lowest BCUT2D eigenvalue weighted by Gasteiger charge is -2.17. The Hall–Kier alpha value is -1.38. The number of likely N-dealkylation sites (N-methyl/N-ethyl adjacent to an activating group) is 1. The van der Waals surface area contributed by atoms with Gasteiger partial charge in [0.25, 0.3) is 0 Å². The smallest absolute Gasteiger partial charge is 0.127 e. The van der Waals surface area contributed by atoms with Crippen LogP contribution in [-0.4, -0.2) is 13.1 Å². The van der Waals surface area contributed by atoms with Crippen molar-refractivity contribution in [1.82, 2.24) is 5.32 Å². The summed E-state index contributed by atoms with van der Waals surface area (Å²) in [5.74, 6) is -0.233. The SMILES string of the molecule is CNC(Cc1cc(C)cc(C)c1)Cc1ccc(Cl)cc1F. The molecule has 0 radical (unpaired) electrons. The predicted octanol–water partition coefficient (Wildman–Crippen LogP) is 4.47. The van der Waals surface area contributed by atoms with Crippen LogP contribution in [0.5, 0.6) is 0 Å². The van der Waals surface area contributed by atoms with Gasteiger partial charge in [0.1, 0.15) is 5.82 Å². The average Bonchev–Trinajstić information content (AvgIpc) is 2.39. The lowest BCUT2D eigenvalue weighted by atomic mass is 9.96. The van der Waals surface area contributed by atoms with Crippen LogP contribution in [0.1, 0.15) is 22.3 Å². The fourth-order valence-electron chi connectivity index (χ4n) is 2.70. The van der Waals surface area contributed by atoms with E-state index in [4.69, 9.17) is 11.6 Å². The Morgan fingerprint density at radius 2 is 1.71 bits per heavy atom. The fraction of sp³-hybridized carbons (Fsp3) is 0.333. The molecule has 0 aliphatic carbocycles. The Morgan fingerprint density at radius 1 is 1.05 bits per heavy atom. The maximum atomic E-state index is 13.9. The minimum absolute atomic E-state index is 0.196. The first-order valence-corrected chi connectivity index (χ1v) is 7.54. The van der Waals surface area contributed by atoms with Crippen molar-refractivity contribution in [2.75, 3.05) is 7.05 Å². The molecule has 1 atom stereocenters. The maximum Gasteiger partial charge on any atom is 0.127 e. The van der Waals surface area contributed by atoms with Crippen LogP contribution in [0.2, 0.25) is 5.02 Å². The van der Waals surface area contributed by atoms with Crippen molar-refractivity contribution >= 4 is 11.6 Å². The van der Waals surface area contributed by atoms with Crippen LogP contribution in [0.3, 0.4) is 0 Å². The zero-order valence-electron chi connectivity index (χ0n) is 12.7. The van der Waals surface area contributed by atoms with Gasteiger partial charge in [0.05, 0.1) is 0 Å². The molecule has 3 heteroatoms. The van der Waals surface area contributed by atoms with E-state index >= 15 is 0 Å². The zero-order chi connectivity index (χ0) is 15.4. The summed E-state index contributed by atoms with van der Waals surface area (Å²) < 4.78 is 13.9. The number of hydrogen-bond donors (Lipinski definition) is 1. The summed E-state index contributed by atoms with van der Waals surface area (Å²) in [5.41, 5.74) is 4.50. The molecular formula is C18H21ClFN. The molecule has 2 rings (SSSR count). The molecule has 0 aliphatic heterocycles. The normalized spacial score (nSPS) is 12.4. The van der Waals surface area contributed by atoms with E-state index in [1.54, 1.807) is 12.1 Å². The van der Waals surface area contributed by atoms with Gasteiger partial charge >= 0.3 is 0 Å². The highest BCUT2D eigenvalue weighted by Gasteiger charge is 2.12. The van der Waals surface area contributed by atoms with Gasteiger partial charge < -0.3 is 5.32 Å². The zero-order valence-corrected chi connectivity index (χ0v) is 13.5. The third-order valence-corrected chi connectivity index (χ3v) is 3.89. The third kappa shape index (κ3) is 4.55. The molecule has 1 nitrogen and oxygen atoms in total. The number of halogens is 2. The van der Waals surface area contributed by atoms with E-state index in [-0.39, 0.29) is 11.9 Å². The van der Waals surface area contributed by atoms with Crippen molar-refractivity contribution in [3.8, 4) is 0 Å². The highest BCUT2D eigenvalue weighted by Crippen LogP contribution is 2.18. The molecule has 2 aromatic rings. The van der Waals surface area contributed by atoms with E-state index in [0.717, 1.165) is 6.42 Å². The van der Waals surface area contributed by atoms with Crippen LogP contribution in [0.4, 0.5) is 4.39 Å². The van der Waals surface area contributed by atoms with Crippen LogP contribution in [-0.2, 0) is 12.8 Å².